The minimum absolute atomic E-state index is 0.360. The van der Waals surface area contributed by atoms with Gasteiger partial charge in [0, 0.05) is 18.1 Å². The number of carboxylic acid groups (broad SMARTS) is 1. The first-order valence-electron chi connectivity index (χ1n) is 5.50. The van der Waals surface area contributed by atoms with Crippen LogP contribution in [-0.4, -0.2) is 40.8 Å². The molecule has 0 radical (unpaired) electrons. The number of aliphatic carboxylic acids is 1. The van der Waals surface area contributed by atoms with Crippen LogP contribution in [0.2, 0.25) is 0 Å². The molecule has 0 bridgehead atoms. The van der Waals surface area contributed by atoms with Gasteiger partial charge in [0.2, 0.25) is 0 Å². The number of ether oxygens (including phenoxy) is 1. The molecule has 1 atom stereocenters. The number of thioether (sulfide) groups is 1. The SMILES string of the molecule is C[C@H](CSCCNC(=O)OC(C)(C)C)C(=O)O. The molecule has 0 saturated carbocycles. The van der Waals surface area contributed by atoms with Crippen molar-refractivity contribution < 1.29 is 19.4 Å². The number of carbonyl (C=O) groups excluding carboxylic acids is 1. The first kappa shape index (κ1) is 16.1. The number of rotatable bonds is 6. The molecular weight excluding hydrogens is 242 g/mol. The van der Waals surface area contributed by atoms with Crippen molar-refractivity contribution in [3.63, 3.8) is 0 Å². The summed E-state index contributed by atoms with van der Waals surface area (Å²) < 4.78 is 5.05. The van der Waals surface area contributed by atoms with Crippen LogP contribution in [-0.2, 0) is 9.53 Å². The summed E-state index contributed by atoms with van der Waals surface area (Å²) >= 11 is 1.50. The Morgan fingerprint density at radius 1 is 1.41 bits per heavy atom. The number of carboxylic acids is 1. The molecule has 100 valence electrons. The molecule has 0 aliphatic heterocycles. The number of hydrogen-bond acceptors (Lipinski definition) is 4. The summed E-state index contributed by atoms with van der Waals surface area (Å²) in [4.78, 5) is 21.8. The fourth-order valence-corrected chi connectivity index (χ4v) is 1.78. The van der Waals surface area contributed by atoms with E-state index in [0.717, 1.165) is 0 Å². The smallest absolute Gasteiger partial charge is 0.407 e. The summed E-state index contributed by atoms with van der Waals surface area (Å²) in [6, 6.07) is 0. The van der Waals surface area contributed by atoms with E-state index >= 15 is 0 Å². The molecule has 0 aromatic rings. The van der Waals surface area contributed by atoms with Gasteiger partial charge in [-0.15, -0.1) is 0 Å². The summed E-state index contributed by atoms with van der Waals surface area (Å²) in [6.07, 6.45) is -0.440. The average Bonchev–Trinajstić information content (AvgIpc) is 2.13. The quantitative estimate of drug-likeness (QED) is 0.716. The van der Waals surface area contributed by atoms with E-state index in [-0.39, 0.29) is 5.92 Å². The predicted octanol–water partition coefficient (Wildman–Crippen LogP) is 1.97. The lowest BCUT2D eigenvalue weighted by Crippen LogP contribution is -2.33. The van der Waals surface area contributed by atoms with Crippen LogP contribution in [0.3, 0.4) is 0 Å². The molecule has 0 fully saturated rings. The minimum atomic E-state index is -0.794. The fraction of sp³-hybridized carbons (Fsp3) is 0.818. The van der Waals surface area contributed by atoms with E-state index in [4.69, 9.17) is 9.84 Å². The maximum Gasteiger partial charge on any atom is 0.407 e. The number of carbonyl (C=O) groups is 2. The van der Waals surface area contributed by atoms with Crippen LogP contribution in [0, 0.1) is 5.92 Å². The van der Waals surface area contributed by atoms with Gasteiger partial charge in [-0.2, -0.15) is 11.8 Å². The van der Waals surface area contributed by atoms with E-state index in [2.05, 4.69) is 5.32 Å². The van der Waals surface area contributed by atoms with Crippen LogP contribution in [0.4, 0.5) is 4.79 Å². The number of alkyl carbamates (subject to hydrolysis) is 1. The Kier molecular flexibility index (Phi) is 7.03. The molecule has 0 aromatic heterocycles. The van der Waals surface area contributed by atoms with Gasteiger partial charge in [0.15, 0.2) is 0 Å². The molecule has 0 rings (SSSR count). The van der Waals surface area contributed by atoms with Gasteiger partial charge in [-0.25, -0.2) is 4.79 Å². The van der Waals surface area contributed by atoms with Crippen LogP contribution < -0.4 is 5.32 Å². The standard InChI is InChI=1S/C11H21NO4S/c1-8(9(13)14)7-17-6-5-12-10(15)16-11(2,3)4/h8H,5-7H2,1-4H3,(H,12,15)(H,13,14)/t8-/m1/s1. The first-order valence-corrected chi connectivity index (χ1v) is 6.65. The van der Waals surface area contributed by atoms with E-state index < -0.39 is 17.7 Å². The Morgan fingerprint density at radius 2 is 2.00 bits per heavy atom. The zero-order valence-corrected chi connectivity index (χ0v) is 11.6. The highest BCUT2D eigenvalue weighted by molar-refractivity contribution is 7.99. The Morgan fingerprint density at radius 3 is 2.47 bits per heavy atom. The molecule has 17 heavy (non-hydrogen) atoms. The fourth-order valence-electron chi connectivity index (χ4n) is 0.871. The van der Waals surface area contributed by atoms with Crippen molar-refractivity contribution in [2.24, 2.45) is 5.92 Å². The molecule has 6 heteroatoms. The Labute approximate surface area is 106 Å². The summed E-state index contributed by atoms with van der Waals surface area (Å²) in [5, 5.41) is 11.3. The summed E-state index contributed by atoms with van der Waals surface area (Å²) in [5.41, 5.74) is -0.491. The largest absolute Gasteiger partial charge is 0.481 e. The molecule has 0 aliphatic carbocycles. The molecule has 1 amide bonds. The lowest BCUT2D eigenvalue weighted by atomic mass is 10.2. The van der Waals surface area contributed by atoms with E-state index in [1.807, 2.05) is 0 Å². The van der Waals surface area contributed by atoms with Crippen molar-refractivity contribution >= 4 is 23.8 Å². The predicted molar refractivity (Wildman–Crippen MR) is 68.4 cm³/mol. The number of nitrogens with one attached hydrogen (secondary N) is 1. The van der Waals surface area contributed by atoms with Crippen LogP contribution in [0.25, 0.3) is 0 Å². The van der Waals surface area contributed by atoms with Gasteiger partial charge in [0.05, 0.1) is 5.92 Å². The second-order valence-corrected chi connectivity index (χ2v) is 5.89. The van der Waals surface area contributed by atoms with Gasteiger partial charge in [-0.1, -0.05) is 6.92 Å². The molecule has 0 aliphatic rings. The summed E-state index contributed by atoms with van der Waals surface area (Å²) in [7, 11) is 0. The van der Waals surface area contributed by atoms with E-state index in [0.29, 0.717) is 18.1 Å². The molecule has 0 aromatic carbocycles. The van der Waals surface area contributed by atoms with E-state index in [9.17, 15) is 9.59 Å². The van der Waals surface area contributed by atoms with Crippen LogP contribution in [0.5, 0.6) is 0 Å². The van der Waals surface area contributed by atoms with E-state index in [1.54, 1.807) is 27.7 Å². The molecule has 5 nitrogen and oxygen atoms in total. The van der Waals surface area contributed by atoms with Crippen molar-refractivity contribution in [1.29, 1.82) is 0 Å². The van der Waals surface area contributed by atoms with Crippen molar-refractivity contribution in [2.75, 3.05) is 18.1 Å². The zero-order valence-electron chi connectivity index (χ0n) is 10.8. The third-order valence-electron chi connectivity index (χ3n) is 1.70. The Balaban J connectivity index is 3.52. The van der Waals surface area contributed by atoms with Crippen molar-refractivity contribution in [3.8, 4) is 0 Å². The van der Waals surface area contributed by atoms with Gasteiger partial charge >= 0.3 is 12.1 Å². The zero-order chi connectivity index (χ0) is 13.5. The number of hydrogen-bond donors (Lipinski definition) is 2. The first-order chi connectivity index (χ1) is 7.72. The highest BCUT2D eigenvalue weighted by Crippen LogP contribution is 2.08. The second kappa shape index (κ2) is 7.42. The lowest BCUT2D eigenvalue weighted by molar-refractivity contribution is -0.140. The highest BCUT2D eigenvalue weighted by Gasteiger charge is 2.15. The maximum absolute atomic E-state index is 11.2. The van der Waals surface area contributed by atoms with Gasteiger partial charge in [0.25, 0.3) is 0 Å². The third kappa shape index (κ3) is 9.99. The van der Waals surface area contributed by atoms with Gasteiger partial charge < -0.3 is 15.2 Å². The van der Waals surface area contributed by atoms with Gasteiger partial charge in [-0.3, -0.25) is 4.79 Å². The van der Waals surface area contributed by atoms with Crippen molar-refractivity contribution in [1.82, 2.24) is 5.32 Å². The van der Waals surface area contributed by atoms with Crippen LogP contribution >= 0.6 is 11.8 Å². The summed E-state index contributed by atoms with van der Waals surface area (Å²) in [5.74, 6) is 0.0708. The topological polar surface area (TPSA) is 75.6 Å². The van der Waals surface area contributed by atoms with Gasteiger partial charge in [0.1, 0.15) is 5.60 Å². The monoisotopic (exact) mass is 263 g/mol. The van der Waals surface area contributed by atoms with Crippen LogP contribution in [0.15, 0.2) is 0 Å². The van der Waals surface area contributed by atoms with Crippen molar-refractivity contribution in [3.05, 3.63) is 0 Å². The minimum Gasteiger partial charge on any atom is -0.481 e. The molecule has 0 saturated heterocycles. The van der Waals surface area contributed by atoms with E-state index in [1.165, 1.54) is 11.8 Å². The molecule has 0 unspecified atom stereocenters. The van der Waals surface area contributed by atoms with Crippen molar-refractivity contribution in [2.45, 2.75) is 33.3 Å². The molecule has 0 heterocycles. The lowest BCUT2D eigenvalue weighted by Gasteiger charge is -2.19. The van der Waals surface area contributed by atoms with Crippen LogP contribution in [0.1, 0.15) is 27.7 Å². The Hall–Kier alpha value is -0.910. The highest BCUT2D eigenvalue weighted by atomic mass is 32.2. The summed E-state index contributed by atoms with van der Waals surface area (Å²) in [6.45, 7) is 7.55. The average molecular weight is 263 g/mol. The maximum atomic E-state index is 11.2. The number of amides is 1. The Bertz CT molecular complexity index is 263. The third-order valence-corrected chi connectivity index (χ3v) is 2.93. The second-order valence-electron chi connectivity index (χ2n) is 4.74. The normalized spacial score (nSPS) is 12.9. The molecular formula is C11H21NO4S. The molecule has 0 spiro atoms. The van der Waals surface area contributed by atoms with Gasteiger partial charge in [-0.05, 0) is 20.8 Å². The molecule has 2 N–H and O–H groups in total.